The quantitative estimate of drug-likeness (QED) is 0.615. The maximum atomic E-state index is 10.5. The van der Waals surface area contributed by atoms with Crippen LogP contribution in [0.5, 0.6) is 0 Å². The molecule has 0 aliphatic rings. The van der Waals surface area contributed by atoms with Gasteiger partial charge in [-0.15, -0.1) is 0 Å². The SMILES string of the molecule is O=Cc1cc(Br)cc(C=CCBr)c1. The molecule has 0 bridgehead atoms. The van der Waals surface area contributed by atoms with Gasteiger partial charge in [0.1, 0.15) is 6.29 Å². The highest BCUT2D eigenvalue weighted by Crippen LogP contribution is 2.15. The number of hydrogen-bond donors (Lipinski definition) is 0. The van der Waals surface area contributed by atoms with Crippen LogP contribution in [0.2, 0.25) is 0 Å². The van der Waals surface area contributed by atoms with Crippen LogP contribution in [0.3, 0.4) is 0 Å². The van der Waals surface area contributed by atoms with E-state index in [2.05, 4.69) is 31.9 Å². The topological polar surface area (TPSA) is 17.1 Å². The Morgan fingerprint density at radius 1 is 1.23 bits per heavy atom. The molecule has 0 saturated carbocycles. The molecule has 1 nitrogen and oxygen atoms in total. The van der Waals surface area contributed by atoms with E-state index >= 15 is 0 Å². The molecule has 1 aromatic rings. The first kappa shape index (κ1) is 10.7. The molecule has 0 unspecified atom stereocenters. The van der Waals surface area contributed by atoms with Gasteiger partial charge in [-0.25, -0.2) is 0 Å². The zero-order chi connectivity index (χ0) is 9.68. The second-order valence-electron chi connectivity index (χ2n) is 2.49. The van der Waals surface area contributed by atoms with Crippen molar-refractivity contribution in [3.63, 3.8) is 0 Å². The van der Waals surface area contributed by atoms with Crippen LogP contribution in [0.1, 0.15) is 15.9 Å². The highest BCUT2D eigenvalue weighted by molar-refractivity contribution is 9.10. The van der Waals surface area contributed by atoms with Gasteiger partial charge in [-0.3, -0.25) is 4.79 Å². The van der Waals surface area contributed by atoms with E-state index in [1.54, 1.807) is 6.07 Å². The lowest BCUT2D eigenvalue weighted by Crippen LogP contribution is -1.81. The van der Waals surface area contributed by atoms with Crippen LogP contribution < -0.4 is 0 Å². The molecule has 13 heavy (non-hydrogen) atoms. The van der Waals surface area contributed by atoms with E-state index in [1.807, 2.05) is 24.3 Å². The summed E-state index contributed by atoms with van der Waals surface area (Å²) in [7, 11) is 0. The predicted molar refractivity (Wildman–Crippen MR) is 62.4 cm³/mol. The lowest BCUT2D eigenvalue weighted by atomic mass is 10.1. The summed E-state index contributed by atoms with van der Waals surface area (Å²) in [6.07, 6.45) is 4.79. The van der Waals surface area contributed by atoms with Crippen molar-refractivity contribution >= 4 is 44.2 Å². The normalized spacial score (nSPS) is 10.6. The fraction of sp³-hybridized carbons (Fsp3) is 0.100. The molecule has 68 valence electrons. The zero-order valence-corrected chi connectivity index (χ0v) is 10.0. The molecule has 1 aromatic carbocycles. The second-order valence-corrected chi connectivity index (χ2v) is 4.06. The first-order valence-electron chi connectivity index (χ1n) is 3.74. The maximum absolute atomic E-state index is 10.5. The van der Waals surface area contributed by atoms with E-state index in [9.17, 15) is 4.79 Å². The highest BCUT2D eigenvalue weighted by atomic mass is 79.9. The molecule has 0 N–H and O–H groups in total. The number of carbonyl (C=O) groups excluding carboxylic acids is 1. The average Bonchev–Trinajstić information content (AvgIpc) is 2.14. The fourth-order valence-corrected chi connectivity index (χ4v) is 1.70. The number of carbonyl (C=O) groups is 1. The maximum Gasteiger partial charge on any atom is 0.150 e. The van der Waals surface area contributed by atoms with Crippen molar-refractivity contribution in [3.05, 3.63) is 39.9 Å². The largest absolute Gasteiger partial charge is 0.298 e. The van der Waals surface area contributed by atoms with E-state index in [0.29, 0.717) is 5.56 Å². The number of hydrogen-bond acceptors (Lipinski definition) is 1. The summed E-state index contributed by atoms with van der Waals surface area (Å²) in [5.41, 5.74) is 1.71. The summed E-state index contributed by atoms with van der Waals surface area (Å²) in [6.45, 7) is 0. The summed E-state index contributed by atoms with van der Waals surface area (Å²) >= 11 is 6.63. The van der Waals surface area contributed by atoms with Crippen molar-refractivity contribution < 1.29 is 4.79 Å². The van der Waals surface area contributed by atoms with Crippen molar-refractivity contribution in [2.24, 2.45) is 0 Å². The Labute approximate surface area is 94.1 Å². The zero-order valence-electron chi connectivity index (χ0n) is 6.84. The fourth-order valence-electron chi connectivity index (χ4n) is 0.981. The third-order valence-electron chi connectivity index (χ3n) is 1.48. The third kappa shape index (κ3) is 3.44. The Morgan fingerprint density at radius 2 is 1.92 bits per heavy atom. The Balaban J connectivity index is 3.01. The molecule has 0 saturated heterocycles. The lowest BCUT2D eigenvalue weighted by molar-refractivity contribution is 0.112. The van der Waals surface area contributed by atoms with Crippen molar-refractivity contribution in [1.82, 2.24) is 0 Å². The summed E-state index contributed by atoms with van der Waals surface area (Å²) in [6, 6.07) is 5.60. The minimum Gasteiger partial charge on any atom is -0.298 e. The highest BCUT2D eigenvalue weighted by Gasteiger charge is 1.95. The van der Waals surface area contributed by atoms with Crippen LogP contribution in [0.4, 0.5) is 0 Å². The third-order valence-corrected chi connectivity index (χ3v) is 2.31. The average molecular weight is 304 g/mol. The minimum absolute atomic E-state index is 0.684. The lowest BCUT2D eigenvalue weighted by Gasteiger charge is -1.97. The standard InChI is InChI=1S/C10H8Br2O/c11-3-1-2-8-4-9(7-13)6-10(12)5-8/h1-2,4-7H,3H2. The van der Waals surface area contributed by atoms with Gasteiger partial charge in [-0.2, -0.15) is 0 Å². The van der Waals surface area contributed by atoms with Gasteiger partial charge < -0.3 is 0 Å². The summed E-state index contributed by atoms with van der Waals surface area (Å²) in [4.78, 5) is 10.5. The van der Waals surface area contributed by atoms with Crippen LogP contribution in [0, 0.1) is 0 Å². The van der Waals surface area contributed by atoms with Gasteiger partial charge in [0.05, 0.1) is 0 Å². The van der Waals surface area contributed by atoms with Gasteiger partial charge in [0.15, 0.2) is 0 Å². The molecule has 1 rings (SSSR count). The van der Waals surface area contributed by atoms with E-state index in [-0.39, 0.29) is 0 Å². The molecule has 0 atom stereocenters. The van der Waals surface area contributed by atoms with Crippen molar-refractivity contribution in [3.8, 4) is 0 Å². The van der Waals surface area contributed by atoms with Crippen LogP contribution in [-0.2, 0) is 0 Å². The van der Waals surface area contributed by atoms with Crippen molar-refractivity contribution in [2.75, 3.05) is 5.33 Å². The summed E-state index contributed by atoms with van der Waals surface area (Å²) < 4.78 is 0.923. The Morgan fingerprint density at radius 3 is 2.54 bits per heavy atom. The number of allylic oxidation sites excluding steroid dienone is 1. The number of aldehydes is 1. The molecule has 0 heterocycles. The van der Waals surface area contributed by atoms with E-state index < -0.39 is 0 Å². The number of halogens is 2. The molecule has 0 aliphatic heterocycles. The summed E-state index contributed by atoms with van der Waals surface area (Å²) in [5, 5.41) is 0.815. The van der Waals surface area contributed by atoms with Crippen molar-refractivity contribution in [1.29, 1.82) is 0 Å². The van der Waals surface area contributed by atoms with Gasteiger partial charge in [-0.05, 0) is 23.8 Å². The number of benzene rings is 1. The molecule has 0 aliphatic carbocycles. The molecule has 0 fully saturated rings. The first-order valence-corrected chi connectivity index (χ1v) is 5.66. The van der Waals surface area contributed by atoms with Gasteiger partial charge in [0.25, 0.3) is 0 Å². The van der Waals surface area contributed by atoms with Gasteiger partial charge >= 0.3 is 0 Å². The van der Waals surface area contributed by atoms with Gasteiger partial charge in [0.2, 0.25) is 0 Å². The Hall–Kier alpha value is -0.410. The number of rotatable bonds is 3. The summed E-state index contributed by atoms with van der Waals surface area (Å²) in [5.74, 6) is 0. The molecule has 0 radical (unpaired) electrons. The minimum atomic E-state index is 0.684. The van der Waals surface area contributed by atoms with Crippen molar-refractivity contribution in [2.45, 2.75) is 0 Å². The van der Waals surface area contributed by atoms with E-state index in [4.69, 9.17) is 0 Å². The van der Waals surface area contributed by atoms with Crippen LogP contribution in [0.25, 0.3) is 6.08 Å². The number of alkyl halides is 1. The predicted octanol–water partition coefficient (Wildman–Crippen LogP) is 3.67. The molecular weight excluding hydrogens is 296 g/mol. The van der Waals surface area contributed by atoms with Crippen LogP contribution in [-0.4, -0.2) is 11.6 Å². The van der Waals surface area contributed by atoms with E-state index in [0.717, 1.165) is 21.7 Å². The molecule has 0 spiro atoms. The smallest absolute Gasteiger partial charge is 0.150 e. The first-order chi connectivity index (χ1) is 6.26. The molecule has 0 aromatic heterocycles. The van der Waals surface area contributed by atoms with Gasteiger partial charge in [-0.1, -0.05) is 44.0 Å². The molecule has 0 amide bonds. The molecular formula is C10H8Br2O. The monoisotopic (exact) mass is 302 g/mol. The van der Waals surface area contributed by atoms with Crippen LogP contribution in [0.15, 0.2) is 28.7 Å². The van der Waals surface area contributed by atoms with E-state index in [1.165, 1.54) is 0 Å². The second kappa shape index (κ2) is 5.35. The van der Waals surface area contributed by atoms with Gasteiger partial charge in [0, 0.05) is 15.4 Å². The van der Waals surface area contributed by atoms with Crippen LogP contribution >= 0.6 is 31.9 Å². The molecule has 3 heteroatoms. The Bertz CT molecular complexity index is 332. The Kier molecular flexibility index (Phi) is 4.39.